The maximum Gasteiger partial charge on any atom is 0.265 e. The van der Waals surface area contributed by atoms with Crippen molar-refractivity contribution >= 4 is 28.2 Å². The zero-order chi connectivity index (χ0) is 14.4. The van der Waals surface area contributed by atoms with Gasteiger partial charge in [-0.05, 0) is 18.3 Å². The maximum atomic E-state index is 11.9. The summed E-state index contributed by atoms with van der Waals surface area (Å²) in [4.78, 5) is 16.6. The molecule has 6 heteroatoms. The molecule has 0 aliphatic carbocycles. The predicted molar refractivity (Wildman–Crippen MR) is 81.6 cm³/mol. The van der Waals surface area contributed by atoms with E-state index in [1.807, 2.05) is 0 Å². The van der Waals surface area contributed by atoms with E-state index in [-0.39, 0.29) is 5.91 Å². The number of amides is 1. The predicted octanol–water partition coefficient (Wildman–Crippen LogP) is 2.57. The molecule has 0 fully saturated rings. The summed E-state index contributed by atoms with van der Waals surface area (Å²) >= 11 is 1.31. The van der Waals surface area contributed by atoms with E-state index >= 15 is 0 Å². The highest BCUT2D eigenvalue weighted by Crippen LogP contribution is 2.24. The van der Waals surface area contributed by atoms with Crippen LogP contribution in [0.1, 0.15) is 43.8 Å². The van der Waals surface area contributed by atoms with Gasteiger partial charge in [-0.3, -0.25) is 4.79 Å². The number of carbonyl (C=O) groups excluding carboxylic acids is 1. The fraction of sp³-hybridized carbons (Fsp3) is 0.692. The van der Waals surface area contributed by atoms with Gasteiger partial charge in [-0.25, -0.2) is 4.98 Å². The Kier molecular flexibility index (Phi) is 6.08. The number of nitrogens with two attached hydrogens (primary N) is 1. The molecule has 0 aromatic carbocycles. The molecule has 0 saturated carbocycles. The molecular weight excluding hydrogens is 260 g/mol. The van der Waals surface area contributed by atoms with E-state index in [0.29, 0.717) is 34.2 Å². The number of rotatable bonds is 7. The number of aromatic nitrogens is 1. The zero-order valence-electron chi connectivity index (χ0n) is 12.1. The van der Waals surface area contributed by atoms with E-state index in [2.05, 4.69) is 43.3 Å². The first-order valence-electron chi connectivity index (χ1n) is 6.68. The van der Waals surface area contributed by atoms with Gasteiger partial charge in [0, 0.05) is 13.1 Å². The number of nitrogens with one attached hydrogen (secondary N) is 2. The lowest BCUT2D eigenvalue weighted by molar-refractivity contribution is 0.0956. The Hall–Kier alpha value is -1.30. The first kappa shape index (κ1) is 15.8. The van der Waals surface area contributed by atoms with Crippen LogP contribution in [-0.4, -0.2) is 24.0 Å². The van der Waals surface area contributed by atoms with Gasteiger partial charge < -0.3 is 16.4 Å². The molecule has 0 atom stereocenters. The molecule has 0 bridgehead atoms. The van der Waals surface area contributed by atoms with Crippen LogP contribution in [0.5, 0.6) is 0 Å². The molecule has 1 aromatic heterocycles. The van der Waals surface area contributed by atoms with Crippen LogP contribution in [0.4, 0.5) is 10.9 Å². The second kappa shape index (κ2) is 7.33. The Morgan fingerprint density at radius 3 is 2.58 bits per heavy atom. The van der Waals surface area contributed by atoms with Gasteiger partial charge in [-0.15, -0.1) is 0 Å². The first-order chi connectivity index (χ1) is 8.90. The summed E-state index contributed by atoms with van der Waals surface area (Å²) in [6.45, 7) is 9.97. The average Bonchev–Trinajstić information content (AvgIpc) is 2.67. The maximum absolute atomic E-state index is 11.9. The molecule has 0 aliphatic heterocycles. The van der Waals surface area contributed by atoms with E-state index < -0.39 is 0 Å². The molecule has 0 spiro atoms. The molecule has 19 heavy (non-hydrogen) atoms. The van der Waals surface area contributed by atoms with Crippen molar-refractivity contribution in [2.45, 2.75) is 34.1 Å². The van der Waals surface area contributed by atoms with Crippen molar-refractivity contribution in [2.24, 2.45) is 11.8 Å². The summed E-state index contributed by atoms with van der Waals surface area (Å²) in [6.07, 6.45) is 0.961. The number of anilines is 2. The van der Waals surface area contributed by atoms with Crippen LogP contribution in [0.3, 0.4) is 0 Å². The van der Waals surface area contributed by atoms with Crippen molar-refractivity contribution in [2.75, 3.05) is 24.1 Å². The Balaban J connectivity index is 2.55. The molecule has 1 rings (SSSR count). The SMILES string of the molecule is CC(C)CCNC(=O)c1sc(NCC(C)C)nc1N. The summed E-state index contributed by atoms with van der Waals surface area (Å²) in [6, 6.07) is 0. The summed E-state index contributed by atoms with van der Waals surface area (Å²) in [5.41, 5.74) is 5.78. The quantitative estimate of drug-likeness (QED) is 0.719. The second-order valence-electron chi connectivity index (χ2n) is 5.45. The topological polar surface area (TPSA) is 80.0 Å². The number of carbonyl (C=O) groups is 1. The van der Waals surface area contributed by atoms with Gasteiger partial charge in [0.15, 0.2) is 5.13 Å². The fourth-order valence-electron chi connectivity index (χ4n) is 1.42. The van der Waals surface area contributed by atoms with Gasteiger partial charge in [-0.1, -0.05) is 39.0 Å². The zero-order valence-corrected chi connectivity index (χ0v) is 12.9. The number of hydrogen-bond acceptors (Lipinski definition) is 5. The van der Waals surface area contributed by atoms with Crippen LogP contribution < -0.4 is 16.4 Å². The van der Waals surface area contributed by atoms with E-state index in [4.69, 9.17) is 5.73 Å². The smallest absolute Gasteiger partial charge is 0.265 e. The van der Waals surface area contributed by atoms with Gasteiger partial charge in [0.25, 0.3) is 5.91 Å². The fourth-order valence-corrected chi connectivity index (χ4v) is 2.22. The van der Waals surface area contributed by atoms with Gasteiger partial charge in [-0.2, -0.15) is 0 Å². The number of hydrogen-bond donors (Lipinski definition) is 3. The third-order valence-corrected chi connectivity index (χ3v) is 3.56. The molecule has 1 heterocycles. The minimum Gasteiger partial charge on any atom is -0.382 e. The molecule has 0 aliphatic rings. The highest BCUT2D eigenvalue weighted by molar-refractivity contribution is 7.18. The lowest BCUT2D eigenvalue weighted by atomic mass is 10.1. The van der Waals surface area contributed by atoms with Crippen molar-refractivity contribution in [3.8, 4) is 0 Å². The van der Waals surface area contributed by atoms with Crippen molar-refractivity contribution in [3.05, 3.63) is 4.88 Å². The van der Waals surface area contributed by atoms with Crippen LogP contribution in [0.15, 0.2) is 0 Å². The summed E-state index contributed by atoms with van der Waals surface area (Å²) < 4.78 is 0. The van der Waals surface area contributed by atoms with Crippen LogP contribution in [0, 0.1) is 11.8 Å². The van der Waals surface area contributed by atoms with Crippen molar-refractivity contribution in [1.29, 1.82) is 0 Å². The van der Waals surface area contributed by atoms with Gasteiger partial charge in [0.05, 0.1) is 0 Å². The third-order valence-electron chi connectivity index (χ3n) is 2.53. The highest BCUT2D eigenvalue weighted by Gasteiger charge is 2.15. The summed E-state index contributed by atoms with van der Waals surface area (Å²) in [5.74, 6) is 1.27. The lowest BCUT2D eigenvalue weighted by Gasteiger charge is -2.06. The van der Waals surface area contributed by atoms with Crippen LogP contribution >= 0.6 is 11.3 Å². The third kappa shape index (κ3) is 5.46. The van der Waals surface area contributed by atoms with Crippen LogP contribution in [0.25, 0.3) is 0 Å². The first-order valence-corrected chi connectivity index (χ1v) is 7.50. The minimum absolute atomic E-state index is 0.131. The van der Waals surface area contributed by atoms with Crippen molar-refractivity contribution in [3.63, 3.8) is 0 Å². The molecule has 108 valence electrons. The average molecular weight is 284 g/mol. The number of nitrogen functional groups attached to an aromatic ring is 1. The lowest BCUT2D eigenvalue weighted by Crippen LogP contribution is -2.25. The normalized spacial score (nSPS) is 11.1. The van der Waals surface area contributed by atoms with Crippen molar-refractivity contribution < 1.29 is 4.79 Å². The van der Waals surface area contributed by atoms with Crippen LogP contribution in [0.2, 0.25) is 0 Å². The Morgan fingerprint density at radius 2 is 2.00 bits per heavy atom. The van der Waals surface area contributed by atoms with E-state index in [0.717, 1.165) is 13.0 Å². The largest absolute Gasteiger partial charge is 0.382 e. The Labute approximate surface area is 119 Å². The van der Waals surface area contributed by atoms with E-state index in [1.165, 1.54) is 11.3 Å². The Morgan fingerprint density at radius 1 is 1.32 bits per heavy atom. The molecule has 0 radical (unpaired) electrons. The van der Waals surface area contributed by atoms with Crippen molar-refractivity contribution in [1.82, 2.24) is 10.3 Å². The molecular formula is C13H24N4OS. The molecule has 0 saturated heterocycles. The number of thiazole rings is 1. The van der Waals surface area contributed by atoms with E-state index in [9.17, 15) is 4.79 Å². The molecule has 1 amide bonds. The summed E-state index contributed by atoms with van der Waals surface area (Å²) in [7, 11) is 0. The standard InChI is InChI=1S/C13H24N4OS/c1-8(2)5-6-15-12(18)10-11(14)17-13(19-10)16-7-9(3)4/h8-9H,5-7,14H2,1-4H3,(H,15,18)(H,16,17). The van der Waals surface area contributed by atoms with Gasteiger partial charge >= 0.3 is 0 Å². The number of nitrogens with zero attached hydrogens (tertiary/aromatic N) is 1. The van der Waals surface area contributed by atoms with E-state index in [1.54, 1.807) is 0 Å². The van der Waals surface area contributed by atoms with Gasteiger partial charge in [0.1, 0.15) is 10.7 Å². The molecule has 0 unspecified atom stereocenters. The summed E-state index contributed by atoms with van der Waals surface area (Å²) in [5, 5.41) is 6.76. The minimum atomic E-state index is -0.131. The van der Waals surface area contributed by atoms with Crippen LogP contribution in [-0.2, 0) is 0 Å². The monoisotopic (exact) mass is 284 g/mol. The molecule has 5 nitrogen and oxygen atoms in total. The second-order valence-corrected chi connectivity index (χ2v) is 6.45. The highest BCUT2D eigenvalue weighted by atomic mass is 32.1. The molecule has 4 N–H and O–H groups in total. The van der Waals surface area contributed by atoms with Gasteiger partial charge in [0.2, 0.25) is 0 Å². The molecule has 1 aromatic rings. The Bertz CT molecular complexity index is 415.